The lowest BCUT2D eigenvalue weighted by Crippen LogP contribution is -2.26. The topological polar surface area (TPSA) is 28.3 Å². The van der Waals surface area contributed by atoms with Crippen LogP contribution in [0.2, 0.25) is 0 Å². The fraction of sp³-hybridized carbons (Fsp3) is 0.333. The average Bonchev–Trinajstić information content (AvgIpc) is 3.05. The number of anilines is 1. The van der Waals surface area contributed by atoms with Crippen LogP contribution in [0.5, 0.6) is 5.75 Å². The number of hydrogen-bond donors (Lipinski definition) is 1. The minimum Gasteiger partial charge on any atom is -0.494 e. The highest BCUT2D eigenvalue weighted by Crippen LogP contribution is 2.33. The van der Waals surface area contributed by atoms with Crippen LogP contribution in [0.3, 0.4) is 0 Å². The summed E-state index contributed by atoms with van der Waals surface area (Å²) in [6.45, 7) is 8.29. The maximum Gasteiger partial charge on any atom is 0.119 e. The summed E-state index contributed by atoms with van der Waals surface area (Å²) in [5.41, 5.74) is 3.70. The van der Waals surface area contributed by atoms with Crippen LogP contribution >= 0.6 is 0 Å². The first kappa shape index (κ1) is 16.4. The highest BCUT2D eigenvalue weighted by atomic mass is 16.5. The molecule has 0 radical (unpaired) electrons. The number of aromatic amines is 1. The van der Waals surface area contributed by atoms with Crippen molar-refractivity contribution in [3.05, 3.63) is 60.3 Å². The van der Waals surface area contributed by atoms with E-state index in [1.807, 2.05) is 6.07 Å². The van der Waals surface area contributed by atoms with Crippen molar-refractivity contribution in [1.82, 2.24) is 4.98 Å². The van der Waals surface area contributed by atoms with Crippen LogP contribution in [-0.4, -0.2) is 18.1 Å². The van der Waals surface area contributed by atoms with Crippen molar-refractivity contribution in [2.24, 2.45) is 0 Å². The summed E-state index contributed by atoms with van der Waals surface area (Å²) in [7, 11) is 0. The van der Waals surface area contributed by atoms with Crippen molar-refractivity contribution in [3.63, 3.8) is 0 Å². The van der Waals surface area contributed by atoms with Gasteiger partial charge >= 0.3 is 0 Å². The van der Waals surface area contributed by atoms with Gasteiger partial charge in [0.05, 0.1) is 18.3 Å². The Balaban J connectivity index is 1.90. The van der Waals surface area contributed by atoms with Crippen molar-refractivity contribution >= 4 is 16.6 Å². The van der Waals surface area contributed by atoms with Gasteiger partial charge in [0.1, 0.15) is 5.75 Å². The first-order valence-electron chi connectivity index (χ1n) is 8.80. The maximum absolute atomic E-state index is 5.80. The van der Waals surface area contributed by atoms with Crippen molar-refractivity contribution in [2.45, 2.75) is 33.2 Å². The number of fused-ring (bicyclic) bond motifs is 1. The first-order chi connectivity index (χ1) is 11.7. The van der Waals surface area contributed by atoms with Crippen LogP contribution < -0.4 is 9.64 Å². The number of nitrogens with one attached hydrogen (secondary N) is 1. The Kier molecular flexibility index (Phi) is 5.09. The first-order valence-corrected chi connectivity index (χ1v) is 8.80. The van der Waals surface area contributed by atoms with E-state index < -0.39 is 0 Å². The quantitative estimate of drug-likeness (QED) is 0.618. The summed E-state index contributed by atoms with van der Waals surface area (Å²) in [6.07, 6.45) is 3.14. The smallest absolute Gasteiger partial charge is 0.119 e. The number of aromatic nitrogens is 1. The summed E-state index contributed by atoms with van der Waals surface area (Å²) in [5.74, 6) is 0.955. The zero-order valence-corrected chi connectivity index (χ0v) is 14.8. The number of benzene rings is 2. The third kappa shape index (κ3) is 3.25. The molecule has 0 saturated heterocycles. The molecule has 0 spiro atoms. The molecule has 3 rings (SSSR count). The van der Waals surface area contributed by atoms with Gasteiger partial charge in [-0.2, -0.15) is 0 Å². The lowest BCUT2D eigenvalue weighted by atomic mass is 10.1. The van der Waals surface area contributed by atoms with Crippen LogP contribution in [0, 0.1) is 0 Å². The van der Waals surface area contributed by atoms with E-state index in [1.165, 1.54) is 22.2 Å². The Morgan fingerprint density at radius 3 is 2.71 bits per heavy atom. The number of rotatable bonds is 7. The fourth-order valence-electron chi connectivity index (χ4n) is 3.21. The van der Waals surface area contributed by atoms with Crippen LogP contribution in [0.4, 0.5) is 5.69 Å². The number of para-hydroxylation sites is 1. The predicted molar refractivity (Wildman–Crippen MR) is 102 cm³/mol. The van der Waals surface area contributed by atoms with Crippen molar-refractivity contribution in [3.8, 4) is 5.75 Å². The highest BCUT2D eigenvalue weighted by Gasteiger charge is 2.18. The van der Waals surface area contributed by atoms with Gasteiger partial charge in [-0.05, 0) is 44.0 Å². The normalized spacial score (nSPS) is 12.3. The van der Waals surface area contributed by atoms with Gasteiger partial charge in [0.2, 0.25) is 0 Å². The van der Waals surface area contributed by atoms with Crippen LogP contribution in [0.1, 0.15) is 38.8 Å². The Hall–Kier alpha value is -2.42. The molecule has 0 amide bonds. The molecule has 0 fully saturated rings. The largest absolute Gasteiger partial charge is 0.494 e. The molecule has 0 saturated carbocycles. The number of H-pyrrole nitrogens is 1. The molecule has 1 N–H and O–H groups in total. The summed E-state index contributed by atoms with van der Waals surface area (Å²) < 4.78 is 5.80. The molecule has 0 bridgehead atoms. The molecule has 126 valence electrons. The predicted octanol–water partition coefficient (Wildman–Crippen LogP) is 5.54. The molecule has 2 aromatic carbocycles. The monoisotopic (exact) mass is 322 g/mol. The molecule has 0 aliphatic rings. The van der Waals surface area contributed by atoms with E-state index in [4.69, 9.17) is 4.74 Å². The third-order valence-corrected chi connectivity index (χ3v) is 4.50. The Morgan fingerprint density at radius 1 is 1.08 bits per heavy atom. The van der Waals surface area contributed by atoms with Gasteiger partial charge in [-0.25, -0.2) is 0 Å². The molecule has 0 aliphatic carbocycles. The fourth-order valence-corrected chi connectivity index (χ4v) is 3.21. The second kappa shape index (κ2) is 7.43. The second-order valence-electron chi connectivity index (χ2n) is 6.10. The van der Waals surface area contributed by atoms with E-state index in [9.17, 15) is 0 Å². The molecule has 3 heteroatoms. The number of ether oxygens (including phenoxy) is 1. The van der Waals surface area contributed by atoms with Gasteiger partial charge in [0, 0.05) is 23.6 Å². The minimum atomic E-state index is 0.277. The molecule has 1 unspecified atom stereocenters. The van der Waals surface area contributed by atoms with Crippen molar-refractivity contribution in [2.75, 3.05) is 18.1 Å². The van der Waals surface area contributed by atoms with Gasteiger partial charge in [-0.3, -0.25) is 0 Å². The van der Waals surface area contributed by atoms with Crippen LogP contribution in [0.25, 0.3) is 10.9 Å². The standard InChI is InChI=1S/C21H26N2O/c1-4-13-24-18-10-8-9-17(14-18)16(3)23(5-2)21-15-22-20-12-7-6-11-19(20)21/h6-12,14-16,22H,4-5,13H2,1-3H3. The lowest BCUT2D eigenvalue weighted by molar-refractivity contribution is 0.317. The summed E-state index contributed by atoms with van der Waals surface area (Å²) >= 11 is 0. The molecule has 1 aromatic heterocycles. The average molecular weight is 322 g/mol. The van der Waals surface area contributed by atoms with Crippen LogP contribution in [-0.2, 0) is 0 Å². The van der Waals surface area contributed by atoms with Gasteiger partial charge in [-0.15, -0.1) is 0 Å². The molecule has 24 heavy (non-hydrogen) atoms. The summed E-state index contributed by atoms with van der Waals surface area (Å²) in [6, 6.07) is 17.2. The molecule has 1 heterocycles. The van der Waals surface area contributed by atoms with Gasteiger partial charge < -0.3 is 14.6 Å². The number of nitrogens with zero attached hydrogens (tertiary/aromatic N) is 1. The molecular weight excluding hydrogens is 296 g/mol. The van der Waals surface area contributed by atoms with E-state index in [-0.39, 0.29) is 6.04 Å². The third-order valence-electron chi connectivity index (χ3n) is 4.50. The van der Waals surface area contributed by atoms with Crippen LogP contribution in [0.15, 0.2) is 54.7 Å². The van der Waals surface area contributed by atoms with Crippen molar-refractivity contribution < 1.29 is 4.74 Å². The maximum atomic E-state index is 5.80. The minimum absolute atomic E-state index is 0.277. The molecule has 1 atom stereocenters. The molecule has 0 aliphatic heterocycles. The SMILES string of the molecule is CCCOc1cccc(C(C)N(CC)c2c[nH]c3ccccc23)c1. The molecular formula is C21H26N2O. The highest BCUT2D eigenvalue weighted by molar-refractivity contribution is 5.93. The zero-order chi connectivity index (χ0) is 16.9. The lowest BCUT2D eigenvalue weighted by Gasteiger charge is -2.30. The summed E-state index contributed by atoms with van der Waals surface area (Å²) in [4.78, 5) is 5.81. The summed E-state index contributed by atoms with van der Waals surface area (Å²) in [5, 5.41) is 1.27. The van der Waals surface area contributed by atoms with E-state index in [0.717, 1.165) is 25.3 Å². The molecule has 3 aromatic rings. The number of hydrogen-bond acceptors (Lipinski definition) is 2. The van der Waals surface area contributed by atoms with Gasteiger partial charge in [0.25, 0.3) is 0 Å². The van der Waals surface area contributed by atoms with E-state index in [1.54, 1.807) is 0 Å². The Morgan fingerprint density at radius 2 is 1.92 bits per heavy atom. The Labute approximate surface area is 144 Å². The van der Waals surface area contributed by atoms with Gasteiger partial charge in [-0.1, -0.05) is 37.3 Å². The van der Waals surface area contributed by atoms with E-state index in [0.29, 0.717) is 0 Å². The van der Waals surface area contributed by atoms with E-state index >= 15 is 0 Å². The zero-order valence-electron chi connectivity index (χ0n) is 14.8. The van der Waals surface area contributed by atoms with Crippen molar-refractivity contribution in [1.29, 1.82) is 0 Å². The molecule has 3 nitrogen and oxygen atoms in total. The Bertz CT molecular complexity index is 793. The second-order valence-corrected chi connectivity index (χ2v) is 6.10. The van der Waals surface area contributed by atoms with E-state index in [2.05, 4.69) is 79.3 Å². The van der Waals surface area contributed by atoms with Gasteiger partial charge in [0.15, 0.2) is 0 Å².